The second-order valence-electron chi connectivity index (χ2n) is 1.29. The zero-order valence-electron chi connectivity index (χ0n) is 4.10. The van der Waals surface area contributed by atoms with Gasteiger partial charge in [-0.05, 0) is 6.42 Å². The minimum atomic E-state index is -4.19. The van der Waals surface area contributed by atoms with Gasteiger partial charge in [0, 0.05) is 4.43 Å². The molecule has 50 valence electrons. The van der Waals surface area contributed by atoms with Crippen molar-refractivity contribution >= 4 is 32.8 Å². The molecule has 0 unspecified atom stereocenters. The second-order valence-corrected chi connectivity index (χ2v) is 3.85. The number of halogens is 2. The monoisotopic (exact) mass is 252 g/mol. The van der Waals surface area contributed by atoms with Gasteiger partial charge < -0.3 is 0 Å². The maximum Gasteiger partial charge on any atom is 0.302 e. The molecule has 0 heterocycles. The van der Waals surface area contributed by atoms with E-state index < -0.39 is 10.2 Å². The summed E-state index contributed by atoms with van der Waals surface area (Å²) in [7, 11) is -4.19. The van der Waals surface area contributed by atoms with Crippen LogP contribution >= 0.6 is 22.6 Å². The first kappa shape index (κ1) is 8.61. The fourth-order valence-electron chi connectivity index (χ4n) is 0.227. The van der Waals surface area contributed by atoms with Crippen LogP contribution in [0.2, 0.25) is 0 Å². The highest BCUT2D eigenvalue weighted by atomic mass is 127. The summed E-state index contributed by atoms with van der Waals surface area (Å²) in [6.45, 7) is 0. The molecular formula is C3H6FIO2S. The van der Waals surface area contributed by atoms with Crippen LogP contribution < -0.4 is 0 Å². The molecule has 5 heteroatoms. The molecule has 0 radical (unpaired) electrons. The summed E-state index contributed by atoms with van der Waals surface area (Å²) < 4.78 is 31.7. The van der Waals surface area contributed by atoms with E-state index in [-0.39, 0.29) is 5.75 Å². The predicted octanol–water partition coefficient (Wildman–Crippen LogP) is 1.11. The van der Waals surface area contributed by atoms with Crippen LogP contribution in [0, 0.1) is 0 Å². The van der Waals surface area contributed by atoms with E-state index in [1.54, 1.807) is 0 Å². The summed E-state index contributed by atoms with van der Waals surface area (Å²) >= 11 is 2.00. The predicted molar refractivity (Wildman–Crippen MR) is 38.4 cm³/mol. The first-order chi connectivity index (χ1) is 3.56. The average Bonchev–Trinajstić information content (AvgIpc) is 1.59. The molecule has 0 amide bonds. The minimum absolute atomic E-state index is 0.337. The van der Waals surface area contributed by atoms with Crippen molar-refractivity contribution in [2.75, 3.05) is 10.2 Å². The van der Waals surface area contributed by atoms with E-state index >= 15 is 0 Å². The van der Waals surface area contributed by atoms with E-state index in [0.29, 0.717) is 10.8 Å². The minimum Gasteiger partial charge on any atom is -0.195 e. The molecule has 0 aromatic heterocycles. The Labute approximate surface area is 61.8 Å². The SMILES string of the molecule is O=S(=O)(F)CCCI. The first-order valence-electron chi connectivity index (χ1n) is 2.04. The van der Waals surface area contributed by atoms with Crippen molar-refractivity contribution in [3.8, 4) is 0 Å². The van der Waals surface area contributed by atoms with Gasteiger partial charge in [-0.2, -0.15) is 8.42 Å². The molecule has 0 atom stereocenters. The van der Waals surface area contributed by atoms with Gasteiger partial charge in [0.15, 0.2) is 0 Å². The Bertz CT molecular complexity index is 141. The first-order valence-corrected chi connectivity index (χ1v) is 5.12. The van der Waals surface area contributed by atoms with E-state index in [1.165, 1.54) is 0 Å². The van der Waals surface area contributed by atoms with Gasteiger partial charge in [0.1, 0.15) is 0 Å². The van der Waals surface area contributed by atoms with Gasteiger partial charge in [-0.25, -0.2) is 0 Å². The van der Waals surface area contributed by atoms with E-state index in [1.807, 2.05) is 22.6 Å². The highest BCUT2D eigenvalue weighted by Crippen LogP contribution is 1.96. The largest absolute Gasteiger partial charge is 0.302 e. The van der Waals surface area contributed by atoms with Crippen LogP contribution in [-0.2, 0) is 10.2 Å². The third-order valence-corrected chi connectivity index (χ3v) is 2.06. The fraction of sp³-hybridized carbons (Fsp3) is 1.00. The molecule has 0 fully saturated rings. The summed E-state index contributed by atoms with van der Waals surface area (Å²) in [6.07, 6.45) is 0.402. The molecule has 2 nitrogen and oxygen atoms in total. The molecule has 0 aliphatic heterocycles. The van der Waals surface area contributed by atoms with Gasteiger partial charge in [-0.3, -0.25) is 0 Å². The van der Waals surface area contributed by atoms with Crippen LogP contribution in [0.15, 0.2) is 0 Å². The standard InChI is InChI=1S/C3H6FIO2S/c4-8(6,7)3-1-2-5/h1-3H2. The topological polar surface area (TPSA) is 34.1 Å². The Kier molecular flexibility index (Phi) is 3.87. The fourth-order valence-corrected chi connectivity index (χ4v) is 1.62. The normalized spacial score (nSPS) is 11.8. The molecule has 0 rings (SSSR count). The van der Waals surface area contributed by atoms with Crippen molar-refractivity contribution in [3.63, 3.8) is 0 Å². The van der Waals surface area contributed by atoms with Crippen LogP contribution in [0.3, 0.4) is 0 Å². The maximum atomic E-state index is 11.5. The molecule has 0 aromatic carbocycles. The molecule has 0 aliphatic carbocycles. The zero-order valence-corrected chi connectivity index (χ0v) is 7.08. The summed E-state index contributed by atoms with van der Waals surface area (Å²) in [6, 6.07) is 0. The van der Waals surface area contributed by atoms with Crippen LogP contribution in [0.5, 0.6) is 0 Å². The number of alkyl halides is 1. The number of hydrogen-bond donors (Lipinski definition) is 0. The van der Waals surface area contributed by atoms with Crippen molar-refractivity contribution in [1.82, 2.24) is 0 Å². The lowest BCUT2D eigenvalue weighted by Gasteiger charge is -1.86. The van der Waals surface area contributed by atoms with Gasteiger partial charge in [0.2, 0.25) is 0 Å². The molecule has 0 N–H and O–H groups in total. The molecular weight excluding hydrogens is 246 g/mol. The van der Waals surface area contributed by atoms with E-state index in [9.17, 15) is 12.3 Å². The van der Waals surface area contributed by atoms with E-state index in [4.69, 9.17) is 0 Å². The molecule has 0 saturated carbocycles. The van der Waals surface area contributed by atoms with Crippen molar-refractivity contribution in [3.05, 3.63) is 0 Å². The molecule has 0 spiro atoms. The molecule has 0 aliphatic rings. The maximum absolute atomic E-state index is 11.5. The lowest BCUT2D eigenvalue weighted by atomic mass is 10.6. The average molecular weight is 252 g/mol. The van der Waals surface area contributed by atoms with Crippen LogP contribution in [-0.4, -0.2) is 18.6 Å². The number of rotatable bonds is 3. The van der Waals surface area contributed by atoms with Crippen molar-refractivity contribution < 1.29 is 12.3 Å². The molecule has 0 aromatic rings. The third kappa shape index (κ3) is 6.61. The van der Waals surface area contributed by atoms with Gasteiger partial charge in [0.25, 0.3) is 0 Å². The van der Waals surface area contributed by atoms with Crippen LogP contribution in [0.4, 0.5) is 3.89 Å². The van der Waals surface area contributed by atoms with E-state index in [2.05, 4.69) is 0 Å². The second kappa shape index (κ2) is 3.60. The summed E-state index contributed by atoms with van der Waals surface area (Å²) in [5, 5.41) is 0. The molecule has 8 heavy (non-hydrogen) atoms. The van der Waals surface area contributed by atoms with Gasteiger partial charge in [-0.15, -0.1) is 3.89 Å². The quantitative estimate of drug-likeness (QED) is 0.428. The summed E-state index contributed by atoms with van der Waals surface area (Å²) in [5.74, 6) is -0.337. The van der Waals surface area contributed by atoms with Crippen LogP contribution in [0.25, 0.3) is 0 Å². The lowest BCUT2D eigenvalue weighted by Crippen LogP contribution is -1.97. The third-order valence-electron chi connectivity index (χ3n) is 0.522. The Morgan fingerprint density at radius 3 is 2.12 bits per heavy atom. The Hall–Kier alpha value is 0.610. The van der Waals surface area contributed by atoms with Gasteiger partial charge >= 0.3 is 10.2 Å². The van der Waals surface area contributed by atoms with Crippen molar-refractivity contribution in [1.29, 1.82) is 0 Å². The highest BCUT2D eigenvalue weighted by molar-refractivity contribution is 14.1. The van der Waals surface area contributed by atoms with Crippen LogP contribution in [0.1, 0.15) is 6.42 Å². The Balaban J connectivity index is 3.42. The van der Waals surface area contributed by atoms with E-state index in [0.717, 1.165) is 0 Å². The Morgan fingerprint density at radius 1 is 1.50 bits per heavy atom. The van der Waals surface area contributed by atoms with Gasteiger partial charge in [0.05, 0.1) is 5.75 Å². The summed E-state index contributed by atoms with van der Waals surface area (Å²) in [4.78, 5) is 0. The zero-order chi connectivity index (χ0) is 6.62. The smallest absolute Gasteiger partial charge is 0.195 e. The summed E-state index contributed by atoms with van der Waals surface area (Å²) in [5.41, 5.74) is 0. The van der Waals surface area contributed by atoms with Crippen molar-refractivity contribution in [2.24, 2.45) is 0 Å². The Morgan fingerprint density at radius 2 is 2.00 bits per heavy atom. The highest BCUT2D eigenvalue weighted by Gasteiger charge is 2.03. The van der Waals surface area contributed by atoms with Gasteiger partial charge in [-0.1, -0.05) is 22.6 Å². The lowest BCUT2D eigenvalue weighted by molar-refractivity contribution is 0.551. The number of hydrogen-bond acceptors (Lipinski definition) is 2. The molecule has 0 bridgehead atoms. The van der Waals surface area contributed by atoms with Crippen molar-refractivity contribution in [2.45, 2.75) is 6.42 Å². The molecule has 0 saturated heterocycles.